The van der Waals surface area contributed by atoms with Gasteiger partial charge in [0.2, 0.25) is 5.91 Å². The lowest BCUT2D eigenvalue weighted by Gasteiger charge is -2.24. The van der Waals surface area contributed by atoms with Gasteiger partial charge < -0.3 is 24.1 Å². The molecule has 1 aliphatic rings. The lowest BCUT2D eigenvalue weighted by molar-refractivity contribution is -0.168. The van der Waals surface area contributed by atoms with Crippen LogP contribution < -0.4 is 5.32 Å². The molecule has 0 aromatic carbocycles. The van der Waals surface area contributed by atoms with Crippen LogP contribution in [0, 0.1) is 0 Å². The number of ether oxygens (including phenoxy) is 4. The van der Waals surface area contributed by atoms with Gasteiger partial charge in [0, 0.05) is 25.7 Å². The van der Waals surface area contributed by atoms with E-state index >= 15 is 0 Å². The number of aromatic hydroxyl groups is 1. The number of hydrogen-bond donors (Lipinski definition) is 3. The largest absolute Gasteiger partial charge is 0.504 e. The second kappa shape index (κ2) is 15.1. The van der Waals surface area contributed by atoms with Gasteiger partial charge in [-0.25, -0.2) is 0 Å². The number of aromatic amines is 1. The molecular weight excluding hydrogens is 502 g/mol. The summed E-state index contributed by atoms with van der Waals surface area (Å²) in [5.74, 6) is -3.75. The molecule has 0 bridgehead atoms. The minimum absolute atomic E-state index is 0.0642. The summed E-state index contributed by atoms with van der Waals surface area (Å²) in [4.78, 5) is 61.2. The van der Waals surface area contributed by atoms with Gasteiger partial charge in [-0.2, -0.15) is 5.10 Å². The lowest BCUT2D eigenvalue weighted by atomic mass is 10.0. The zero-order valence-corrected chi connectivity index (χ0v) is 22.2. The third kappa shape index (κ3) is 8.27. The number of aromatic nitrogens is 2. The van der Waals surface area contributed by atoms with Crippen LogP contribution in [0.25, 0.3) is 0 Å². The molecule has 13 heteroatoms. The smallest absolute Gasteiger partial charge is 0.306 e. The summed E-state index contributed by atoms with van der Waals surface area (Å²) in [6, 6.07) is 0. The van der Waals surface area contributed by atoms with Crippen molar-refractivity contribution < 1.29 is 48.0 Å². The number of esters is 3. The average molecular weight is 540 g/mol. The van der Waals surface area contributed by atoms with Gasteiger partial charge in [0.25, 0.3) is 5.91 Å². The summed E-state index contributed by atoms with van der Waals surface area (Å²) >= 11 is 0. The van der Waals surface area contributed by atoms with Crippen molar-refractivity contribution in [2.24, 2.45) is 0 Å². The number of carbonyl (C=O) groups excluding carboxylic acids is 5. The highest BCUT2D eigenvalue weighted by molar-refractivity contribution is 6.05. The van der Waals surface area contributed by atoms with Crippen LogP contribution in [0.15, 0.2) is 0 Å². The van der Waals surface area contributed by atoms with Gasteiger partial charge in [-0.05, 0) is 25.7 Å². The first-order valence-electron chi connectivity index (χ1n) is 13.0. The zero-order valence-electron chi connectivity index (χ0n) is 22.2. The predicted octanol–water partition coefficient (Wildman–Crippen LogP) is 2.38. The second-order valence-corrected chi connectivity index (χ2v) is 8.90. The van der Waals surface area contributed by atoms with Crippen LogP contribution in [0.3, 0.4) is 0 Å². The molecule has 13 nitrogen and oxygen atoms in total. The van der Waals surface area contributed by atoms with E-state index in [2.05, 4.69) is 15.5 Å². The minimum Gasteiger partial charge on any atom is -0.504 e. The topological polar surface area (TPSA) is 183 Å². The second-order valence-electron chi connectivity index (χ2n) is 8.90. The maximum Gasteiger partial charge on any atom is 0.306 e. The molecule has 0 spiro atoms. The van der Waals surface area contributed by atoms with Gasteiger partial charge in [0.1, 0.15) is 24.5 Å². The Kier molecular flexibility index (Phi) is 12.2. The van der Waals surface area contributed by atoms with Crippen LogP contribution in [-0.4, -0.2) is 69.9 Å². The van der Waals surface area contributed by atoms with Crippen LogP contribution in [-0.2, 0) is 38.1 Å². The molecule has 0 saturated carbocycles. The van der Waals surface area contributed by atoms with Gasteiger partial charge in [0.05, 0.1) is 0 Å². The highest BCUT2D eigenvalue weighted by Crippen LogP contribution is 2.41. The number of imide groups is 1. The van der Waals surface area contributed by atoms with Gasteiger partial charge in [0.15, 0.2) is 23.7 Å². The first kappa shape index (κ1) is 30.7. The summed E-state index contributed by atoms with van der Waals surface area (Å²) in [6.07, 6.45) is -2.30. The molecule has 4 atom stereocenters. The quantitative estimate of drug-likeness (QED) is 0.233. The molecule has 1 aromatic rings. The molecule has 38 heavy (non-hydrogen) atoms. The van der Waals surface area contributed by atoms with Crippen molar-refractivity contribution in [1.82, 2.24) is 15.5 Å². The predicted molar refractivity (Wildman–Crippen MR) is 131 cm³/mol. The molecule has 1 saturated heterocycles. The molecule has 1 aliphatic heterocycles. The van der Waals surface area contributed by atoms with E-state index < -0.39 is 65.6 Å². The minimum atomic E-state index is -1.28. The SMILES string of the molecule is CCCC(=O)NC(=O)c1[nH]nc(C2O[C@H](COC(=O)CCC)[C@H](OC(=O)CCC)[C@H]2OC(=O)CCC)c1O. The average Bonchev–Trinajstić information content (AvgIpc) is 3.38. The van der Waals surface area contributed by atoms with E-state index in [-0.39, 0.29) is 38.0 Å². The summed E-state index contributed by atoms with van der Waals surface area (Å²) in [5.41, 5.74) is -0.602. The number of H-pyrrole nitrogens is 1. The Morgan fingerprint density at radius 2 is 1.42 bits per heavy atom. The van der Waals surface area contributed by atoms with E-state index in [1.807, 2.05) is 6.92 Å². The van der Waals surface area contributed by atoms with Crippen molar-refractivity contribution in [3.05, 3.63) is 11.4 Å². The zero-order chi connectivity index (χ0) is 28.2. The fraction of sp³-hybridized carbons (Fsp3) is 0.680. The molecule has 2 rings (SSSR count). The van der Waals surface area contributed by atoms with Crippen LogP contribution in [0.4, 0.5) is 0 Å². The fourth-order valence-corrected chi connectivity index (χ4v) is 3.82. The molecule has 3 N–H and O–H groups in total. The van der Waals surface area contributed by atoms with E-state index in [0.717, 1.165) is 0 Å². The van der Waals surface area contributed by atoms with Crippen molar-refractivity contribution in [1.29, 1.82) is 0 Å². The number of hydrogen-bond acceptors (Lipinski definition) is 11. The van der Waals surface area contributed by atoms with E-state index in [1.165, 1.54) is 0 Å². The molecule has 1 aromatic heterocycles. The third-order valence-corrected chi connectivity index (χ3v) is 5.61. The Balaban J connectivity index is 2.41. The maximum absolute atomic E-state index is 12.5. The van der Waals surface area contributed by atoms with Crippen molar-refractivity contribution in [3.8, 4) is 5.75 Å². The van der Waals surface area contributed by atoms with Crippen LogP contribution >= 0.6 is 0 Å². The first-order chi connectivity index (χ1) is 18.2. The van der Waals surface area contributed by atoms with Crippen molar-refractivity contribution in [2.45, 2.75) is 103 Å². The van der Waals surface area contributed by atoms with E-state index in [1.54, 1.807) is 20.8 Å². The molecule has 0 aliphatic carbocycles. The molecule has 1 unspecified atom stereocenters. The van der Waals surface area contributed by atoms with Crippen molar-refractivity contribution in [2.75, 3.05) is 6.61 Å². The Labute approximate surface area is 220 Å². The van der Waals surface area contributed by atoms with Gasteiger partial charge in [-0.15, -0.1) is 0 Å². The number of nitrogens with one attached hydrogen (secondary N) is 2. The van der Waals surface area contributed by atoms with Crippen LogP contribution in [0.2, 0.25) is 0 Å². The van der Waals surface area contributed by atoms with Crippen LogP contribution in [0.1, 0.15) is 101 Å². The molecule has 0 radical (unpaired) electrons. The van der Waals surface area contributed by atoms with E-state index in [4.69, 9.17) is 18.9 Å². The maximum atomic E-state index is 12.5. The molecule has 1 fully saturated rings. The lowest BCUT2D eigenvalue weighted by Crippen LogP contribution is -2.40. The Morgan fingerprint density at radius 1 is 0.868 bits per heavy atom. The summed E-state index contributed by atoms with van der Waals surface area (Å²) in [6.45, 7) is 6.84. The van der Waals surface area contributed by atoms with Gasteiger partial charge >= 0.3 is 17.9 Å². The monoisotopic (exact) mass is 539 g/mol. The molecule has 2 heterocycles. The molecule has 2 amide bonds. The fourth-order valence-electron chi connectivity index (χ4n) is 3.82. The van der Waals surface area contributed by atoms with Crippen LogP contribution in [0.5, 0.6) is 5.75 Å². The highest BCUT2D eigenvalue weighted by Gasteiger charge is 2.52. The Bertz CT molecular complexity index is 992. The van der Waals surface area contributed by atoms with E-state index in [9.17, 15) is 29.1 Å². The summed E-state index contributed by atoms with van der Waals surface area (Å²) in [7, 11) is 0. The number of rotatable bonds is 14. The molecular formula is C25H37N3O10. The highest BCUT2D eigenvalue weighted by atomic mass is 16.6. The van der Waals surface area contributed by atoms with E-state index in [0.29, 0.717) is 25.7 Å². The summed E-state index contributed by atoms with van der Waals surface area (Å²) < 4.78 is 22.5. The van der Waals surface area contributed by atoms with Gasteiger partial charge in [-0.3, -0.25) is 34.4 Å². The first-order valence-corrected chi connectivity index (χ1v) is 13.0. The normalized spacial score (nSPS) is 20.5. The molecule has 212 valence electrons. The standard InChI is InChI=1S/C25H37N3O10/c1-5-9-15(29)26-25(34)20-21(33)19(27-28-20)23-24(38-18(32)12-8-4)22(37-17(31)11-7-3)14(36-23)13-35-16(30)10-6-2/h14,22-24,33H,5-13H2,1-4H3,(H,27,28)(H,26,29,34)/t14-,22+,23?,24-/m1/s1. The Morgan fingerprint density at radius 3 is 2.00 bits per heavy atom. The van der Waals surface area contributed by atoms with Crippen molar-refractivity contribution >= 4 is 29.7 Å². The van der Waals surface area contributed by atoms with Gasteiger partial charge in [-0.1, -0.05) is 27.7 Å². The number of amides is 2. The Hall–Kier alpha value is -3.48. The number of nitrogens with zero attached hydrogens (tertiary/aromatic N) is 1. The number of carbonyl (C=O) groups is 5. The third-order valence-electron chi connectivity index (χ3n) is 5.61. The summed E-state index contributed by atoms with van der Waals surface area (Å²) in [5, 5.41) is 19.3. The van der Waals surface area contributed by atoms with Crippen molar-refractivity contribution in [3.63, 3.8) is 0 Å².